The minimum absolute atomic E-state index is 0.846. The van der Waals surface area contributed by atoms with Crippen LogP contribution >= 0.6 is 22.6 Å². The lowest BCUT2D eigenvalue weighted by Crippen LogP contribution is -2.10. The van der Waals surface area contributed by atoms with Crippen molar-refractivity contribution in [2.45, 2.75) is 46.0 Å². The Bertz CT molecular complexity index is 388. The molecule has 1 aromatic heterocycles. The van der Waals surface area contributed by atoms with Crippen LogP contribution in [0.15, 0.2) is 0 Å². The van der Waals surface area contributed by atoms with E-state index in [1.165, 1.54) is 22.1 Å². The van der Waals surface area contributed by atoms with Crippen LogP contribution in [0.4, 0.5) is 5.82 Å². The molecule has 0 radical (unpaired) electrons. The Kier molecular flexibility index (Phi) is 4.59. The number of nitrogens with zero attached hydrogens (tertiary/aromatic N) is 2. The van der Waals surface area contributed by atoms with Gasteiger partial charge in [-0.25, -0.2) is 9.97 Å². The van der Waals surface area contributed by atoms with Gasteiger partial charge >= 0.3 is 0 Å². The van der Waals surface area contributed by atoms with Crippen molar-refractivity contribution in [3.05, 3.63) is 15.1 Å². The van der Waals surface area contributed by atoms with Crippen LogP contribution in [0.2, 0.25) is 0 Å². The van der Waals surface area contributed by atoms with Crippen LogP contribution in [0, 0.1) is 9.49 Å². The summed E-state index contributed by atoms with van der Waals surface area (Å²) in [6.45, 7) is 5.32. The van der Waals surface area contributed by atoms with Crippen LogP contribution < -0.4 is 5.32 Å². The monoisotopic (exact) mass is 345 g/mol. The second kappa shape index (κ2) is 5.98. The van der Waals surface area contributed by atoms with Gasteiger partial charge in [-0.05, 0) is 54.2 Å². The normalized spacial score (nSPS) is 15.0. The molecule has 4 heteroatoms. The zero-order valence-corrected chi connectivity index (χ0v) is 12.7. The zero-order valence-electron chi connectivity index (χ0n) is 10.6. The Hall–Kier alpha value is -0.390. The summed E-state index contributed by atoms with van der Waals surface area (Å²) in [6.07, 6.45) is 5.88. The number of nitrogens with one attached hydrogen (secondary N) is 1. The molecule has 0 spiro atoms. The molecule has 1 aromatic rings. The summed E-state index contributed by atoms with van der Waals surface area (Å²) in [5.74, 6) is 2.91. The standard InChI is InChI=1S/C13H20IN3/c1-3-7-15-13-12(14)10(4-2)16-11(17-13)8-9-5-6-9/h9H,3-8H2,1-2H3,(H,15,16,17). The lowest BCUT2D eigenvalue weighted by atomic mass is 10.2. The molecule has 1 heterocycles. The molecule has 3 nitrogen and oxygen atoms in total. The van der Waals surface area contributed by atoms with Gasteiger partial charge in [-0.1, -0.05) is 13.8 Å². The van der Waals surface area contributed by atoms with Crippen LogP contribution in [-0.2, 0) is 12.8 Å². The molecule has 1 aliphatic carbocycles. The first-order chi connectivity index (χ1) is 8.24. The summed E-state index contributed by atoms with van der Waals surface area (Å²) in [6, 6.07) is 0. The van der Waals surface area contributed by atoms with Gasteiger partial charge < -0.3 is 5.32 Å². The Balaban J connectivity index is 2.20. The van der Waals surface area contributed by atoms with E-state index in [4.69, 9.17) is 0 Å². The van der Waals surface area contributed by atoms with E-state index in [1.807, 2.05) is 0 Å². The maximum absolute atomic E-state index is 4.68. The molecule has 0 unspecified atom stereocenters. The fraction of sp³-hybridized carbons (Fsp3) is 0.692. The fourth-order valence-electron chi connectivity index (χ4n) is 1.81. The SMILES string of the molecule is CCCNc1nc(CC2CC2)nc(CC)c1I. The minimum atomic E-state index is 0.846. The highest BCUT2D eigenvalue weighted by molar-refractivity contribution is 14.1. The van der Waals surface area contributed by atoms with Gasteiger partial charge in [0.05, 0.1) is 9.26 Å². The summed E-state index contributed by atoms with van der Waals surface area (Å²) in [5.41, 5.74) is 1.19. The molecule has 94 valence electrons. The van der Waals surface area contributed by atoms with E-state index in [0.717, 1.165) is 43.4 Å². The summed E-state index contributed by atoms with van der Waals surface area (Å²) in [5, 5.41) is 3.41. The molecule has 1 aliphatic rings. The molecule has 0 aromatic carbocycles. The van der Waals surface area contributed by atoms with Crippen LogP contribution in [0.5, 0.6) is 0 Å². The number of anilines is 1. The summed E-state index contributed by atoms with van der Waals surface area (Å²) in [4.78, 5) is 9.35. The van der Waals surface area contributed by atoms with Crippen LogP contribution in [0.3, 0.4) is 0 Å². The van der Waals surface area contributed by atoms with E-state index < -0.39 is 0 Å². The maximum Gasteiger partial charge on any atom is 0.143 e. The van der Waals surface area contributed by atoms with Gasteiger partial charge in [-0.3, -0.25) is 0 Å². The van der Waals surface area contributed by atoms with Crippen molar-refractivity contribution < 1.29 is 0 Å². The molecule has 1 saturated carbocycles. The molecular weight excluding hydrogens is 325 g/mol. The third kappa shape index (κ3) is 3.53. The van der Waals surface area contributed by atoms with Crippen molar-refractivity contribution in [1.29, 1.82) is 0 Å². The Morgan fingerprint density at radius 1 is 1.29 bits per heavy atom. The van der Waals surface area contributed by atoms with Crippen molar-refractivity contribution in [3.63, 3.8) is 0 Å². The molecule has 1 N–H and O–H groups in total. The first kappa shape index (κ1) is 13.1. The largest absolute Gasteiger partial charge is 0.369 e. The van der Waals surface area contributed by atoms with Gasteiger partial charge in [0, 0.05) is 13.0 Å². The first-order valence-electron chi connectivity index (χ1n) is 6.53. The number of halogens is 1. The first-order valence-corrected chi connectivity index (χ1v) is 7.61. The predicted molar refractivity (Wildman–Crippen MR) is 79.3 cm³/mol. The fourth-order valence-corrected chi connectivity index (χ4v) is 2.62. The Morgan fingerprint density at radius 2 is 2.06 bits per heavy atom. The number of hydrogen-bond acceptors (Lipinski definition) is 3. The zero-order chi connectivity index (χ0) is 12.3. The van der Waals surface area contributed by atoms with E-state index >= 15 is 0 Å². The summed E-state index contributed by atoms with van der Waals surface area (Å²) in [7, 11) is 0. The quantitative estimate of drug-likeness (QED) is 0.803. The molecule has 0 bridgehead atoms. The third-order valence-electron chi connectivity index (χ3n) is 3.01. The topological polar surface area (TPSA) is 37.8 Å². The Labute approximate surface area is 117 Å². The molecule has 0 aliphatic heterocycles. The molecule has 1 fully saturated rings. The lowest BCUT2D eigenvalue weighted by Gasteiger charge is -2.11. The van der Waals surface area contributed by atoms with E-state index in [1.54, 1.807) is 0 Å². The van der Waals surface area contributed by atoms with Crippen molar-refractivity contribution in [2.75, 3.05) is 11.9 Å². The van der Waals surface area contributed by atoms with Crippen LogP contribution in [-0.4, -0.2) is 16.5 Å². The summed E-state index contributed by atoms with van der Waals surface area (Å²) >= 11 is 2.36. The van der Waals surface area contributed by atoms with E-state index in [2.05, 4.69) is 51.7 Å². The van der Waals surface area contributed by atoms with Crippen molar-refractivity contribution in [3.8, 4) is 0 Å². The van der Waals surface area contributed by atoms with Gasteiger partial charge in [-0.2, -0.15) is 0 Å². The minimum Gasteiger partial charge on any atom is -0.369 e. The van der Waals surface area contributed by atoms with E-state index in [9.17, 15) is 0 Å². The smallest absolute Gasteiger partial charge is 0.143 e. The molecule has 0 amide bonds. The van der Waals surface area contributed by atoms with Crippen molar-refractivity contribution in [1.82, 2.24) is 9.97 Å². The number of hydrogen-bond donors (Lipinski definition) is 1. The van der Waals surface area contributed by atoms with Gasteiger partial charge in [-0.15, -0.1) is 0 Å². The predicted octanol–water partition coefficient (Wildman–Crippen LogP) is 3.42. The highest BCUT2D eigenvalue weighted by atomic mass is 127. The average Bonchev–Trinajstić information content (AvgIpc) is 3.13. The molecule has 17 heavy (non-hydrogen) atoms. The Morgan fingerprint density at radius 3 is 2.65 bits per heavy atom. The number of aromatic nitrogens is 2. The van der Waals surface area contributed by atoms with Crippen LogP contribution in [0.25, 0.3) is 0 Å². The second-order valence-electron chi connectivity index (χ2n) is 4.68. The number of aryl methyl sites for hydroxylation is 1. The van der Waals surface area contributed by atoms with Gasteiger partial charge in [0.25, 0.3) is 0 Å². The van der Waals surface area contributed by atoms with E-state index in [-0.39, 0.29) is 0 Å². The van der Waals surface area contributed by atoms with Gasteiger partial charge in [0.1, 0.15) is 11.6 Å². The van der Waals surface area contributed by atoms with E-state index in [0.29, 0.717) is 0 Å². The molecule has 0 saturated heterocycles. The van der Waals surface area contributed by atoms with Gasteiger partial charge in [0.15, 0.2) is 0 Å². The maximum atomic E-state index is 4.68. The highest BCUT2D eigenvalue weighted by Crippen LogP contribution is 2.32. The summed E-state index contributed by atoms with van der Waals surface area (Å²) < 4.78 is 1.19. The van der Waals surface area contributed by atoms with Crippen molar-refractivity contribution >= 4 is 28.4 Å². The second-order valence-corrected chi connectivity index (χ2v) is 5.76. The average molecular weight is 345 g/mol. The van der Waals surface area contributed by atoms with Crippen LogP contribution in [0.1, 0.15) is 44.6 Å². The third-order valence-corrected chi connectivity index (χ3v) is 4.15. The van der Waals surface area contributed by atoms with Crippen molar-refractivity contribution in [2.24, 2.45) is 5.92 Å². The lowest BCUT2D eigenvalue weighted by molar-refractivity contribution is 0.754. The number of rotatable bonds is 6. The molecular formula is C13H20IN3. The van der Waals surface area contributed by atoms with Gasteiger partial charge in [0.2, 0.25) is 0 Å². The molecule has 2 rings (SSSR count). The molecule has 0 atom stereocenters. The highest BCUT2D eigenvalue weighted by Gasteiger charge is 2.23.